The van der Waals surface area contributed by atoms with Crippen molar-refractivity contribution in [3.63, 3.8) is 0 Å². The number of hydrogen-bond acceptors (Lipinski definition) is 7. The molecule has 1 saturated heterocycles. The van der Waals surface area contributed by atoms with Crippen molar-refractivity contribution in [1.29, 1.82) is 0 Å². The average Bonchev–Trinajstić information content (AvgIpc) is 3.25. The molecule has 27 heavy (non-hydrogen) atoms. The largest absolute Gasteiger partial charge is 0.485 e. The molecular formula is C18H18N4O5. The standard InChI is InChI=1S/C18H18N4O5/c19-7-10-6-11(27-21-10)9-26-15-3-1-2-12-13(15)8-22(18(12)25)14-4-5-16(23)20-17(14)24/h1-3,6,14H,4-5,7-9,19H2,(H,20,23,24). The highest BCUT2D eigenvalue weighted by atomic mass is 16.5. The van der Waals surface area contributed by atoms with E-state index in [4.69, 9.17) is 15.0 Å². The molecule has 0 bridgehead atoms. The number of hydrogen-bond donors (Lipinski definition) is 2. The molecule has 3 heterocycles. The lowest BCUT2D eigenvalue weighted by molar-refractivity contribution is -0.136. The third-order valence-electron chi connectivity index (χ3n) is 4.73. The minimum atomic E-state index is -0.656. The van der Waals surface area contributed by atoms with Gasteiger partial charge >= 0.3 is 0 Å². The van der Waals surface area contributed by atoms with Crippen LogP contribution in [0.2, 0.25) is 0 Å². The van der Waals surface area contributed by atoms with Crippen LogP contribution >= 0.6 is 0 Å². The lowest BCUT2D eigenvalue weighted by Crippen LogP contribution is -2.52. The maximum absolute atomic E-state index is 12.8. The first-order valence-electron chi connectivity index (χ1n) is 8.60. The van der Waals surface area contributed by atoms with Crippen molar-refractivity contribution in [2.24, 2.45) is 5.73 Å². The topological polar surface area (TPSA) is 128 Å². The van der Waals surface area contributed by atoms with Crippen LogP contribution in [0.15, 0.2) is 28.8 Å². The van der Waals surface area contributed by atoms with E-state index in [2.05, 4.69) is 10.5 Å². The Labute approximate surface area is 154 Å². The molecule has 9 nitrogen and oxygen atoms in total. The summed E-state index contributed by atoms with van der Waals surface area (Å²) < 4.78 is 11.0. The first kappa shape index (κ1) is 17.2. The molecular weight excluding hydrogens is 352 g/mol. The highest BCUT2D eigenvalue weighted by molar-refractivity contribution is 6.05. The van der Waals surface area contributed by atoms with E-state index in [-0.39, 0.29) is 37.9 Å². The van der Waals surface area contributed by atoms with Crippen molar-refractivity contribution < 1.29 is 23.6 Å². The van der Waals surface area contributed by atoms with E-state index < -0.39 is 11.9 Å². The normalized spacial score (nSPS) is 19.2. The lowest BCUT2D eigenvalue weighted by atomic mass is 10.0. The van der Waals surface area contributed by atoms with Crippen LogP contribution < -0.4 is 15.8 Å². The summed E-state index contributed by atoms with van der Waals surface area (Å²) in [7, 11) is 0. The number of imide groups is 1. The van der Waals surface area contributed by atoms with Crippen LogP contribution in [0.5, 0.6) is 5.75 Å². The molecule has 140 valence electrons. The van der Waals surface area contributed by atoms with Crippen LogP contribution in [-0.2, 0) is 29.3 Å². The number of nitrogens with two attached hydrogens (primary N) is 1. The molecule has 0 spiro atoms. The molecule has 1 atom stereocenters. The lowest BCUT2D eigenvalue weighted by Gasteiger charge is -2.29. The molecule has 2 aliphatic heterocycles. The van der Waals surface area contributed by atoms with E-state index in [0.29, 0.717) is 34.8 Å². The number of carbonyl (C=O) groups is 3. The van der Waals surface area contributed by atoms with Gasteiger partial charge in [0.25, 0.3) is 5.91 Å². The van der Waals surface area contributed by atoms with Gasteiger partial charge in [0.05, 0.1) is 12.2 Å². The fourth-order valence-corrected chi connectivity index (χ4v) is 3.36. The molecule has 1 aromatic carbocycles. The minimum Gasteiger partial charge on any atom is -0.485 e. The Hall–Kier alpha value is -3.20. The zero-order valence-electron chi connectivity index (χ0n) is 14.4. The number of piperidine rings is 1. The summed E-state index contributed by atoms with van der Waals surface area (Å²) in [5, 5.41) is 6.10. The molecule has 9 heteroatoms. The monoisotopic (exact) mass is 370 g/mol. The van der Waals surface area contributed by atoms with Crippen molar-refractivity contribution in [2.75, 3.05) is 0 Å². The maximum atomic E-state index is 12.8. The molecule has 4 rings (SSSR count). The van der Waals surface area contributed by atoms with Crippen LogP contribution in [0.3, 0.4) is 0 Å². The van der Waals surface area contributed by atoms with Crippen LogP contribution in [0.1, 0.15) is 40.2 Å². The maximum Gasteiger partial charge on any atom is 0.255 e. The van der Waals surface area contributed by atoms with Crippen molar-refractivity contribution in [1.82, 2.24) is 15.4 Å². The average molecular weight is 370 g/mol. The second-order valence-electron chi connectivity index (χ2n) is 6.46. The summed E-state index contributed by atoms with van der Waals surface area (Å²) in [6.45, 7) is 0.677. The Bertz CT molecular complexity index is 922. The van der Waals surface area contributed by atoms with Crippen LogP contribution in [0.25, 0.3) is 0 Å². The summed E-state index contributed by atoms with van der Waals surface area (Å²) in [6.07, 6.45) is 0.537. The number of aromatic nitrogens is 1. The Morgan fingerprint density at radius 2 is 2.19 bits per heavy atom. The third-order valence-corrected chi connectivity index (χ3v) is 4.73. The van der Waals surface area contributed by atoms with Crippen molar-refractivity contribution in [3.8, 4) is 5.75 Å². The zero-order valence-corrected chi connectivity index (χ0v) is 14.4. The van der Waals surface area contributed by atoms with Crippen LogP contribution in [0, 0.1) is 0 Å². The van der Waals surface area contributed by atoms with E-state index in [1.807, 2.05) is 0 Å². The second kappa shape index (κ2) is 6.84. The number of amides is 3. The van der Waals surface area contributed by atoms with Gasteiger partial charge in [0.2, 0.25) is 11.8 Å². The highest BCUT2D eigenvalue weighted by Gasteiger charge is 2.40. The first-order chi connectivity index (χ1) is 13.1. The van der Waals surface area contributed by atoms with Gasteiger partial charge in [-0.3, -0.25) is 19.7 Å². The molecule has 1 unspecified atom stereocenters. The van der Waals surface area contributed by atoms with Crippen molar-refractivity contribution >= 4 is 17.7 Å². The fourth-order valence-electron chi connectivity index (χ4n) is 3.36. The molecule has 3 amide bonds. The smallest absolute Gasteiger partial charge is 0.255 e. The number of rotatable bonds is 5. The molecule has 0 radical (unpaired) electrons. The molecule has 3 N–H and O–H groups in total. The number of carbonyl (C=O) groups excluding carboxylic acids is 3. The Morgan fingerprint density at radius 3 is 2.93 bits per heavy atom. The van der Waals surface area contributed by atoms with Crippen LogP contribution in [0.4, 0.5) is 0 Å². The Morgan fingerprint density at radius 1 is 1.33 bits per heavy atom. The predicted octanol–water partition coefficient (Wildman–Crippen LogP) is 0.473. The van der Waals surface area contributed by atoms with Crippen LogP contribution in [-0.4, -0.2) is 33.8 Å². The SMILES string of the molecule is NCc1cc(COc2cccc3c2CN(C2CCC(=O)NC2=O)C3=O)on1. The van der Waals surface area contributed by atoms with E-state index >= 15 is 0 Å². The molecule has 2 aliphatic rings. The second-order valence-corrected chi connectivity index (χ2v) is 6.46. The summed E-state index contributed by atoms with van der Waals surface area (Å²) in [4.78, 5) is 37.7. The summed E-state index contributed by atoms with van der Waals surface area (Å²) in [5.74, 6) is 0.0787. The Kier molecular flexibility index (Phi) is 4.36. The molecule has 1 aromatic heterocycles. The van der Waals surface area contributed by atoms with E-state index in [1.165, 1.54) is 4.90 Å². The van der Waals surface area contributed by atoms with E-state index in [0.717, 1.165) is 0 Å². The van der Waals surface area contributed by atoms with Gasteiger partial charge in [-0.25, -0.2) is 0 Å². The fraction of sp³-hybridized carbons (Fsp3) is 0.333. The number of ether oxygens (including phenoxy) is 1. The molecule has 2 aromatic rings. The summed E-state index contributed by atoms with van der Waals surface area (Å²) in [5.41, 5.74) is 7.35. The Balaban J connectivity index is 1.52. The number of nitrogens with zero attached hydrogens (tertiary/aromatic N) is 2. The van der Waals surface area contributed by atoms with Crippen molar-refractivity contribution in [3.05, 3.63) is 46.8 Å². The van der Waals surface area contributed by atoms with Gasteiger partial charge in [0.1, 0.15) is 18.4 Å². The van der Waals surface area contributed by atoms with Crippen molar-refractivity contribution in [2.45, 2.75) is 38.6 Å². The van der Waals surface area contributed by atoms with E-state index in [1.54, 1.807) is 24.3 Å². The van der Waals surface area contributed by atoms with Gasteiger partial charge in [-0.1, -0.05) is 11.2 Å². The number of benzene rings is 1. The van der Waals surface area contributed by atoms with Gasteiger partial charge in [-0.05, 0) is 18.6 Å². The van der Waals surface area contributed by atoms with Gasteiger partial charge in [0.15, 0.2) is 5.76 Å². The molecule has 0 aliphatic carbocycles. The van der Waals surface area contributed by atoms with Gasteiger partial charge in [-0.2, -0.15) is 0 Å². The molecule has 1 fully saturated rings. The van der Waals surface area contributed by atoms with Gasteiger partial charge in [0, 0.05) is 30.2 Å². The summed E-state index contributed by atoms with van der Waals surface area (Å²) >= 11 is 0. The minimum absolute atomic E-state index is 0.149. The highest BCUT2D eigenvalue weighted by Crippen LogP contribution is 2.33. The zero-order chi connectivity index (χ0) is 19.0. The quantitative estimate of drug-likeness (QED) is 0.732. The summed E-state index contributed by atoms with van der Waals surface area (Å²) in [6, 6.07) is 6.25. The predicted molar refractivity (Wildman–Crippen MR) is 91.2 cm³/mol. The first-order valence-corrected chi connectivity index (χ1v) is 8.60. The van der Waals surface area contributed by atoms with Gasteiger partial charge in [-0.15, -0.1) is 0 Å². The molecule has 0 saturated carbocycles. The third kappa shape index (κ3) is 3.17. The van der Waals surface area contributed by atoms with Gasteiger partial charge < -0.3 is 19.9 Å². The number of nitrogens with one attached hydrogen (secondary N) is 1. The number of fused-ring (bicyclic) bond motifs is 1. The van der Waals surface area contributed by atoms with E-state index in [9.17, 15) is 14.4 Å².